The van der Waals surface area contributed by atoms with Crippen molar-refractivity contribution in [2.24, 2.45) is 0 Å². The molecule has 0 aliphatic heterocycles. The van der Waals surface area contributed by atoms with Crippen LogP contribution >= 0.6 is 0 Å². The van der Waals surface area contributed by atoms with Gasteiger partial charge < -0.3 is 19.7 Å². The molecule has 0 atom stereocenters. The minimum absolute atomic E-state index is 0.0674. The summed E-state index contributed by atoms with van der Waals surface area (Å²) >= 11 is 0. The summed E-state index contributed by atoms with van der Waals surface area (Å²) in [5.74, 6) is 0. The maximum atomic E-state index is 10.6. The maximum absolute atomic E-state index is 10.6. The van der Waals surface area contributed by atoms with Crippen LogP contribution in [-0.4, -0.2) is 41.8 Å². The average molecular weight is 230 g/mol. The van der Waals surface area contributed by atoms with Crippen LogP contribution in [0.25, 0.3) is 0 Å². The lowest BCUT2D eigenvalue weighted by molar-refractivity contribution is -0.0729. The number of carbonyl (C=O) groups is 1. The number of carboxylic acid groups (broad SMARTS) is 1. The molecule has 5 heteroatoms. The lowest BCUT2D eigenvalue weighted by atomic mass is 9.96. The van der Waals surface area contributed by atoms with Crippen molar-refractivity contribution in [3.05, 3.63) is 25.3 Å². The van der Waals surface area contributed by atoms with E-state index < -0.39 is 11.8 Å². The monoisotopic (exact) mass is 230 g/mol. The second-order valence-corrected chi connectivity index (χ2v) is 3.31. The van der Waals surface area contributed by atoms with Crippen LogP contribution in [0.1, 0.15) is 12.8 Å². The first kappa shape index (κ1) is 14.7. The van der Waals surface area contributed by atoms with Gasteiger partial charge >= 0.3 is 6.16 Å². The Balaban J connectivity index is 4.55. The number of hydrogen-bond acceptors (Lipinski definition) is 4. The van der Waals surface area contributed by atoms with Crippen LogP contribution in [-0.2, 0) is 9.47 Å². The van der Waals surface area contributed by atoms with E-state index >= 15 is 0 Å². The molecule has 5 nitrogen and oxygen atoms in total. The molecular weight excluding hydrogens is 212 g/mol. The van der Waals surface area contributed by atoms with Crippen molar-refractivity contribution >= 4 is 6.16 Å². The second kappa shape index (κ2) is 7.90. The van der Waals surface area contributed by atoms with Crippen molar-refractivity contribution in [2.75, 3.05) is 19.8 Å². The molecule has 0 heterocycles. The fourth-order valence-corrected chi connectivity index (χ4v) is 1.35. The molecule has 0 aromatic rings. The number of aliphatic hydroxyl groups excluding tert-OH is 1. The van der Waals surface area contributed by atoms with E-state index in [9.17, 15) is 4.79 Å². The SMILES string of the molecule is C=CCC(CC=C)(COCCO)OC(=O)O. The molecule has 2 N–H and O–H groups in total. The Morgan fingerprint density at radius 1 is 1.31 bits per heavy atom. The zero-order valence-corrected chi connectivity index (χ0v) is 9.22. The van der Waals surface area contributed by atoms with E-state index in [1.54, 1.807) is 12.2 Å². The molecule has 0 rings (SSSR count). The summed E-state index contributed by atoms with van der Waals surface area (Å²) in [6.07, 6.45) is 2.42. The molecule has 0 amide bonds. The first-order valence-corrected chi connectivity index (χ1v) is 4.92. The van der Waals surface area contributed by atoms with Gasteiger partial charge in [-0.05, 0) is 0 Å². The Bertz CT molecular complexity index is 227. The topological polar surface area (TPSA) is 76.0 Å². The molecule has 0 aromatic heterocycles. The molecule has 0 aliphatic rings. The van der Waals surface area contributed by atoms with Crippen LogP contribution in [0.5, 0.6) is 0 Å². The zero-order valence-electron chi connectivity index (χ0n) is 9.22. The number of hydrogen-bond donors (Lipinski definition) is 2. The van der Waals surface area contributed by atoms with E-state index in [0.717, 1.165) is 0 Å². The summed E-state index contributed by atoms with van der Waals surface area (Å²) < 4.78 is 9.95. The molecule has 0 spiro atoms. The minimum atomic E-state index is -1.36. The van der Waals surface area contributed by atoms with E-state index in [1.165, 1.54) is 0 Å². The van der Waals surface area contributed by atoms with Gasteiger partial charge in [0.1, 0.15) is 5.60 Å². The maximum Gasteiger partial charge on any atom is 0.506 e. The highest BCUT2D eigenvalue weighted by molar-refractivity contribution is 5.57. The predicted molar refractivity (Wildman–Crippen MR) is 59.4 cm³/mol. The lowest BCUT2D eigenvalue weighted by Gasteiger charge is -2.29. The number of rotatable bonds is 9. The summed E-state index contributed by atoms with van der Waals surface area (Å²) in [4.78, 5) is 10.6. The van der Waals surface area contributed by atoms with Gasteiger partial charge in [0.2, 0.25) is 0 Å². The van der Waals surface area contributed by atoms with Gasteiger partial charge in [0.25, 0.3) is 0 Å². The highest BCUT2D eigenvalue weighted by Gasteiger charge is 2.32. The summed E-state index contributed by atoms with van der Waals surface area (Å²) in [6.45, 7) is 7.19. The Kier molecular flexibility index (Phi) is 7.24. The minimum Gasteiger partial charge on any atom is -0.450 e. The highest BCUT2D eigenvalue weighted by Crippen LogP contribution is 2.23. The van der Waals surface area contributed by atoms with Crippen molar-refractivity contribution in [1.29, 1.82) is 0 Å². The third-order valence-corrected chi connectivity index (χ3v) is 1.94. The van der Waals surface area contributed by atoms with E-state index in [2.05, 4.69) is 13.2 Å². The third-order valence-electron chi connectivity index (χ3n) is 1.94. The first-order valence-electron chi connectivity index (χ1n) is 4.92. The van der Waals surface area contributed by atoms with Gasteiger partial charge in [-0.15, -0.1) is 13.2 Å². The van der Waals surface area contributed by atoms with Gasteiger partial charge in [-0.2, -0.15) is 0 Å². The summed E-state index contributed by atoms with van der Waals surface area (Å²) in [5.41, 5.74) is -0.996. The van der Waals surface area contributed by atoms with Gasteiger partial charge in [-0.3, -0.25) is 0 Å². The van der Waals surface area contributed by atoms with Crippen LogP contribution in [0.15, 0.2) is 25.3 Å². The second-order valence-electron chi connectivity index (χ2n) is 3.31. The molecule has 0 unspecified atom stereocenters. The molecule has 0 bridgehead atoms. The lowest BCUT2D eigenvalue weighted by Crippen LogP contribution is -2.39. The van der Waals surface area contributed by atoms with E-state index in [4.69, 9.17) is 19.7 Å². The molecule has 16 heavy (non-hydrogen) atoms. The molecule has 0 aromatic carbocycles. The van der Waals surface area contributed by atoms with Gasteiger partial charge in [-0.25, -0.2) is 4.79 Å². The molecular formula is C11H18O5. The summed E-state index contributed by atoms with van der Waals surface area (Å²) in [7, 11) is 0. The first-order chi connectivity index (χ1) is 7.60. The Labute approximate surface area is 95.0 Å². The normalized spacial score (nSPS) is 10.8. The van der Waals surface area contributed by atoms with Crippen LogP contribution in [0.4, 0.5) is 4.79 Å². The smallest absolute Gasteiger partial charge is 0.450 e. The summed E-state index contributed by atoms with van der Waals surface area (Å²) in [6, 6.07) is 0. The molecule has 0 fully saturated rings. The van der Waals surface area contributed by atoms with Crippen LogP contribution in [0.2, 0.25) is 0 Å². The van der Waals surface area contributed by atoms with Crippen molar-refractivity contribution < 1.29 is 24.5 Å². The van der Waals surface area contributed by atoms with Crippen molar-refractivity contribution in [3.8, 4) is 0 Å². The van der Waals surface area contributed by atoms with Crippen molar-refractivity contribution in [2.45, 2.75) is 18.4 Å². The molecule has 92 valence electrons. The van der Waals surface area contributed by atoms with E-state index in [-0.39, 0.29) is 19.8 Å². The quantitative estimate of drug-likeness (QED) is 0.357. The van der Waals surface area contributed by atoms with Gasteiger partial charge in [-0.1, -0.05) is 12.2 Å². The summed E-state index contributed by atoms with van der Waals surface area (Å²) in [5, 5.41) is 17.2. The predicted octanol–water partition coefficient (Wildman–Crippen LogP) is 1.58. The Morgan fingerprint density at radius 2 is 1.88 bits per heavy atom. The largest absolute Gasteiger partial charge is 0.506 e. The standard InChI is InChI=1S/C11H18O5/c1-3-5-11(6-4-2,16-10(13)14)9-15-8-7-12/h3-4,12H,1-2,5-9H2,(H,13,14). The average Bonchev–Trinajstić information content (AvgIpc) is 2.17. The number of ether oxygens (including phenoxy) is 2. The highest BCUT2D eigenvalue weighted by atomic mass is 16.7. The van der Waals surface area contributed by atoms with Crippen molar-refractivity contribution in [3.63, 3.8) is 0 Å². The van der Waals surface area contributed by atoms with Crippen LogP contribution < -0.4 is 0 Å². The van der Waals surface area contributed by atoms with E-state index in [1.807, 2.05) is 0 Å². The third kappa shape index (κ3) is 5.53. The van der Waals surface area contributed by atoms with Crippen molar-refractivity contribution in [1.82, 2.24) is 0 Å². The van der Waals surface area contributed by atoms with Gasteiger partial charge in [0.05, 0.1) is 19.8 Å². The van der Waals surface area contributed by atoms with Gasteiger partial charge in [0.15, 0.2) is 0 Å². The molecule has 0 saturated heterocycles. The Morgan fingerprint density at radius 3 is 2.25 bits per heavy atom. The van der Waals surface area contributed by atoms with Crippen LogP contribution in [0.3, 0.4) is 0 Å². The fourth-order valence-electron chi connectivity index (χ4n) is 1.35. The van der Waals surface area contributed by atoms with Crippen LogP contribution in [0, 0.1) is 0 Å². The molecule has 0 aliphatic carbocycles. The fraction of sp³-hybridized carbons (Fsp3) is 0.545. The Hall–Kier alpha value is -1.33. The van der Waals surface area contributed by atoms with Gasteiger partial charge in [0, 0.05) is 12.8 Å². The number of aliphatic hydroxyl groups is 1. The molecule has 0 radical (unpaired) electrons. The van der Waals surface area contributed by atoms with E-state index in [0.29, 0.717) is 12.8 Å². The zero-order chi connectivity index (χ0) is 12.4. The molecule has 0 saturated carbocycles.